The molecule has 16 heteroatoms. The lowest BCUT2D eigenvalue weighted by atomic mass is 9.77. The molecule has 52 heavy (non-hydrogen) atoms. The van der Waals surface area contributed by atoms with Crippen LogP contribution in [0, 0.1) is 23.5 Å². The van der Waals surface area contributed by atoms with Gasteiger partial charge in [-0.05, 0) is 56.7 Å². The van der Waals surface area contributed by atoms with E-state index in [-0.39, 0.29) is 36.7 Å². The number of ketones is 1. The summed E-state index contributed by atoms with van der Waals surface area (Å²) in [6, 6.07) is 3.79. The minimum absolute atomic E-state index is 0.0179. The van der Waals surface area contributed by atoms with Gasteiger partial charge in [0.05, 0.1) is 55.9 Å². The van der Waals surface area contributed by atoms with Gasteiger partial charge in [-0.25, -0.2) is 13.6 Å². The molecular formula is C36H47F2N4O10+. The van der Waals surface area contributed by atoms with E-state index in [1.54, 1.807) is 0 Å². The number of nitrogens with zero attached hydrogens (tertiary/aromatic N) is 3. The molecule has 1 saturated heterocycles. The summed E-state index contributed by atoms with van der Waals surface area (Å²) >= 11 is 0. The third-order valence-corrected chi connectivity index (χ3v) is 10.2. The van der Waals surface area contributed by atoms with Crippen molar-refractivity contribution in [3.8, 4) is 23.0 Å². The van der Waals surface area contributed by atoms with Crippen LogP contribution >= 0.6 is 0 Å². The Bertz CT molecular complexity index is 1670. The lowest BCUT2D eigenvalue weighted by Gasteiger charge is -2.46. The second kappa shape index (κ2) is 16.3. The molecule has 4 rings (SSSR count). The number of nitrogens with one attached hydrogen (secondary N) is 1. The Morgan fingerprint density at radius 2 is 1.52 bits per heavy atom. The van der Waals surface area contributed by atoms with Crippen LogP contribution in [-0.4, -0.2) is 134 Å². The summed E-state index contributed by atoms with van der Waals surface area (Å²) in [6.45, 7) is 5.88. The summed E-state index contributed by atoms with van der Waals surface area (Å²) in [5.41, 5.74) is -0.224. The fraction of sp³-hybridized carbons (Fsp3) is 0.500. The molecular weight excluding hydrogens is 686 g/mol. The second-order valence-electron chi connectivity index (χ2n) is 14.0. The van der Waals surface area contributed by atoms with Gasteiger partial charge in [-0.3, -0.25) is 19.3 Å². The first-order chi connectivity index (χ1) is 24.4. The third-order valence-electron chi connectivity index (χ3n) is 10.2. The number of phenols is 4. The van der Waals surface area contributed by atoms with Crippen molar-refractivity contribution in [3.05, 3.63) is 58.3 Å². The molecule has 2 amide bonds. The molecule has 1 fully saturated rings. The van der Waals surface area contributed by atoms with Crippen molar-refractivity contribution in [1.29, 1.82) is 0 Å². The van der Waals surface area contributed by atoms with Gasteiger partial charge in [0.2, 0.25) is 5.91 Å². The van der Waals surface area contributed by atoms with Gasteiger partial charge in [-0.1, -0.05) is 6.92 Å². The molecule has 0 bridgehead atoms. The maximum absolute atomic E-state index is 14.4. The molecule has 1 unspecified atom stereocenters. The number of aliphatic hydroxyl groups excluding tert-OH is 1. The molecule has 0 spiro atoms. The minimum atomic E-state index is -1.24. The van der Waals surface area contributed by atoms with Crippen LogP contribution < -0.4 is 5.32 Å². The average Bonchev–Trinajstić information content (AvgIpc) is 3.32. The van der Waals surface area contributed by atoms with Gasteiger partial charge in [-0.15, -0.1) is 0 Å². The van der Waals surface area contributed by atoms with Gasteiger partial charge in [-0.2, -0.15) is 0 Å². The molecule has 0 radical (unpaired) electrons. The van der Waals surface area contributed by atoms with Crippen LogP contribution in [0.5, 0.6) is 23.0 Å². The number of phenolic OH excluding ortho intramolecular Hbond substituents is 4. The summed E-state index contributed by atoms with van der Waals surface area (Å²) < 4.78 is 29.1. The van der Waals surface area contributed by atoms with E-state index in [1.807, 2.05) is 25.9 Å². The molecule has 2 aliphatic heterocycles. The number of likely N-dealkylation sites (N-methyl/N-ethyl adjacent to an activating group) is 2. The second-order valence-corrected chi connectivity index (χ2v) is 14.0. The van der Waals surface area contributed by atoms with Crippen LogP contribution in [0.4, 0.5) is 8.78 Å². The van der Waals surface area contributed by atoms with Gasteiger partial charge in [0.15, 0.2) is 40.4 Å². The van der Waals surface area contributed by atoms with E-state index in [0.29, 0.717) is 55.5 Å². The van der Waals surface area contributed by atoms with E-state index in [2.05, 4.69) is 5.32 Å². The number of hydrogen-bond acceptors (Lipinski definition) is 10. The molecule has 2 aromatic carbocycles. The number of hydrogen-bond donors (Lipinski definition) is 7. The average molecular weight is 734 g/mol. The number of unbranched alkanes of at least 4 members (excludes halogenated alkanes) is 1. The first-order valence-corrected chi connectivity index (χ1v) is 17.1. The number of amides is 2. The third kappa shape index (κ3) is 8.29. The number of aromatic hydroxyl groups is 4. The minimum Gasteiger partial charge on any atom is -0.504 e. The highest BCUT2D eigenvalue weighted by atomic mass is 19.1. The highest BCUT2D eigenvalue weighted by Crippen LogP contribution is 2.47. The van der Waals surface area contributed by atoms with Crippen molar-refractivity contribution in [1.82, 2.24) is 15.1 Å². The summed E-state index contributed by atoms with van der Waals surface area (Å²) in [6.07, 6.45) is 0.426. The van der Waals surface area contributed by atoms with Crippen LogP contribution in [0.2, 0.25) is 0 Å². The number of halogens is 2. The normalized spacial score (nSPS) is 20.0. The number of β-lactam (4-membered cyclic amide) rings is 1. The Hall–Kier alpha value is -4.80. The quantitative estimate of drug-likeness (QED) is 0.0390. The van der Waals surface area contributed by atoms with E-state index < -0.39 is 81.8 Å². The highest BCUT2D eigenvalue weighted by molar-refractivity contribution is 6.00. The van der Waals surface area contributed by atoms with E-state index in [0.717, 1.165) is 24.3 Å². The summed E-state index contributed by atoms with van der Waals surface area (Å²) in [5.74, 6) is -9.71. The number of benzene rings is 2. The number of aliphatic carboxylic acids is 1. The van der Waals surface area contributed by atoms with E-state index in [4.69, 9.17) is 0 Å². The predicted molar refractivity (Wildman–Crippen MR) is 183 cm³/mol. The van der Waals surface area contributed by atoms with Gasteiger partial charge in [0, 0.05) is 38.4 Å². The Balaban J connectivity index is 1.40. The van der Waals surface area contributed by atoms with Crippen LogP contribution in [0.3, 0.4) is 0 Å². The van der Waals surface area contributed by atoms with Gasteiger partial charge >= 0.3 is 5.97 Å². The molecule has 2 aliphatic rings. The zero-order valence-electron chi connectivity index (χ0n) is 29.6. The lowest BCUT2D eigenvalue weighted by Crippen LogP contribution is -2.63. The first-order valence-electron chi connectivity index (χ1n) is 17.1. The number of quaternary nitrogens is 1. The number of carboxylic acids is 1. The van der Waals surface area contributed by atoms with Gasteiger partial charge in [0.25, 0.3) is 5.91 Å². The Labute approximate surface area is 299 Å². The molecule has 2 aromatic rings. The smallest absolute Gasteiger partial charge is 0.352 e. The number of fused-ring (bicyclic) bond motifs is 1. The predicted octanol–water partition coefficient (Wildman–Crippen LogP) is 2.53. The molecule has 284 valence electrons. The SMILES string of the molecule is C[C@@H](O)[C@H]1C(=O)N2C(C(=O)O)=C(CN(C)CC[N+](C)(CCCCC(=O)c3ccc(O)c(O)c3F)CCCNC(=O)c3ccc(O)c(O)c3F)[C@H](C)[C@H]12. The molecule has 5 atom stereocenters. The number of aliphatic hydroxyl groups is 1. The van der Waals surface area contributed by atoms with E-state index >= 15 is 0 Å². The van der Waals surface area contributed by atoms with Crippen molar-refractivity contribution in [2.24, 2.45) is 11.8 Å². The number of Topliss-reactive ketones (excluding diaryl/α,β-unsaturated/α-hetero) is 1. The number of rotatable bonds is 18. The first kappa shape index (κ1) is 40.0. The zero-order valence-corrected chi connectivity index (χ0v) is 29.6. The fourth-order valence-corrected chi connectivity index (χ4v) is 7.14. The fourth-order valence-electron chi connectivity index (χ4n) is 7.14. The Kier molecular flexibility index (Phi) is 12.5. The van der Waals surface area contributed by atoms with Gasteiger partial charge < -0.3 is 45.3 Å². The van der Waals surface area contributed by atoms with Crippen molar-refractivity contribution in [2.45, 2.75) is 51.7 Å². The van der Waals surface area contributed by atoms with Crippen LogP contribution in [-0.2, 0) is 9.59 Å². The Morgan fingerprint density at radius 1 is 0.942 bits per heavy atom. The lowest BCUT2D eigenvalue weighted by molar-refractivity contribution is -0.909. The molecule has 0 aromatic heterocycles. The topological polar surface area (TPSA) is 208 Å². The van der Waals surface area contributed by atoms with Crippen LogP contribution in [0.1, 0.15) is 60.2 Å². The highest BCUT2D eigenvalue weighted by Gasteiger charge is 2.59. The monoisotopic (exact) mass is 733 g/mol. The standard InChI is InChI=1S/C36H46F2N4O10/c1-19-23(31(36(51)52)41-30(19)27(20(2)43)35(41)50)18-40(3)14-17-42(4,15-6-5-8-24(44)21-9-11-25(45)32(47)28(21)37)16-7-13-39-34(49)22-10-12-26(46)33(48)29(22)38/h9-12,19-20,27,30,43H,5-8,13-18H2,1-4H3,(H5-,39,44,45,46,47,48,49,51,52)/p+1/t19-,20+,27+,30+,42?/m0/s1. The van der Waals surface area contributed by atoms with E-state index in [9.17, 15) is 58.6 Å². The number of carbonyl (C=O) groups excluding carboxylic acids is 3. The molecule has 2 heterocycles. The summed E-state index contributed by atoms with van der Waals surface area (Å²) in [7, 11) is 3.81. The maximum Gasteiger partial charge on any atom is 0.352 e. The van der Waals surface area contributed by atoms with Crippen molar-refractivity contribution in [3.63, 3.8) is 0 Å². The number of carbonyl (C=O) groups is 4. The number of carboxylic acid groups (broad SMARTS) is 1. The largest absolute Gasteiger partial charge is 0.504 e. The van der Waals surface area contributed by atoms with Crippen molar-refractivity contribution >= 4 is 23.6 Å². The van der Waals surface area contributed by atoms with E-state index in [1.165, 1.54) is 11.8 Å². The van der Waals surface area contributed by atoms with Crippen molar-refractivity contribution in [2.75, 3.05) is 53.4 Å². The van der Waals surface area contributed by atoms with Gasteiger partial charge in [0.1, 0.15) is 5.70 Å². The summed E-state index contributed by atoms with van der Waals surface area (Å²) in [4.78, 5) is 53.5. The molecule has 7 N–H and O–H groups in total. The zero-order chi connectivity index (χ0) is 38.7. The Morgan fingerprint density at radius 3 is 2.12 bits per heavy atom. The molecule has 0 aliphatic carbocycles. The van der Waals surface area contributed by atoms with Crippen LogP contribution in [0.15, 0.2) is 35.5 Å². The summed E-state index contributed by atoms with van der Waals surface area (Å²) in [5, 5.41) is 61.0. The molecule has 14 nitrogen and oxygen atoms in total. The molecule has 0 saturated carbocycles. The maximum atomic E-state index is 14.4. The van der Waals surface area contributed by atoms with Crippen molar-refractivity contribution < 1.29 is 63.1 Å². The van der Waals surface area contributed by atoms with Crippen LogP contribution in [0.25, 0.3) is 0 Å².